The van der Waals surface area contributed by atoms with Crippen molar-refractivity contribution in [3.63, 3.8) is 0 Å². The van der Waals surface area contributed by atoms with E-state index in [-0.39, 0.29) is 5.91 Å². The van der Waals surface area contributed by atoms with E-state index in [0.29, 0.717) is 22.3 Å². The second-order valence-electron chi connectivity index (χ2n) is 6.59. The molecule has 0 unspecified atom stereocenters. The summed E-state index contributed by atoms with van der Waals surface area (Å²) in [5.41, 5.74) is 4.51. The third-order valence-electron chi connectivity index (χ3n) is 4.62. The maximum Gasteiger partial charge on any atom is 0.261 e. The first kappa shape index (κ1) is 18.6. The number of carbonyl (C=O) groups is 1. The Kier molecular flexibility index (Phi) is 5.11. The number of pyridine rings is 1. The molecule has 0 aliphatic carbocycles. The van der Waals surface area contributed by atoms with Gasteiger partial charge in [-0.3, -0.25) is 14.7 Å². The predicted molar refractivity (Wildman–Crippen MR) is 115 cm³/mol. The topological polar surface area (TPSA) is 46.1 Å². The van der Waals surface area contributed by atoms with E-state index in [4.69, 9.17) is 16.6 Å². The molecule has 6 heteroatoms. The Bertz CT molecular complexity index is 1120. The number of benzene rings is 2. The molecule has 0 spiro atoms. The number of carbonyl (C=O) groups excluding carboxylic acids is 1. The first-order chi connectivity index (χ1) is 13.5. The van der Waals surface area contributed by atoms with Crippen LogP contribution in [0.5, 0.6) is 0 Å². The number of hydrogen-bond donors (Lipinski definition) is 0. The lowest BCUT2D eigenvalue weighted by Gasteiger charge is -2.20. The number of amides is 1. The largest absolute Gasteiger partial charge is 0.278 e. The van der Waals surface area contributed by atoms with E-state index in [1.165, 1.54) is 22.5 Å². The monoisotopic (exact) mass is 407 g/mol. The Morgan fingerprint density at radius 3 is 2.57 bits per heavy atom. The molecule has 0 fully saturated rings. The third-order valence-corrected chi connectivity index (χ3v) is 5.99. The van der Waals surface area contributed by atoms with Crippen LogP contribution >= 0.6 is 22.9 Å². The zero-order valence-electron chi connectivity index (χ0n) is 15.5. The first-order valence-electron chi connectivity index (χ1n) is 8.87. The number of anilines is 1. The number of thiazole rings is 1. The lowest BCUT2D eigenvalue weighted by molar-refractivity contribution is 0.0985. The molecule has 4 nitrogen and oxygen atoms in total. The minimum Gasteiger partial charge on any atom is -0.278 e. The van der Waals surface area contributed by atoms with Crippen LogP contribution in [0.3, 0.4) is 0 Å². The number of fused-ring (bicyclic) bond motifs is 1. The molecule has 140 valence electrons. The molecule has 4 rings (SSSR count). The van der Waals surface area contributed by atoms with Crippen LogP contribution in [-0.2, 0) is 6.54 Å². The van der Waals surface area contributed by atoms with Crippen LogP contribution in [0, 0.1) is 13.8 Å². The minimum atomic E-state index is -0.191. The summed E-state index contributed by atoms with van der Waals surface area (Å²) in [4.78, 5) is 24.1. The van der Waals surface area contributed by atoms with E-state index in [1.54, 1.807) is 23.2 Å². The molecule has 2 aromatic carbocycles. The van der Waals surface area contributed by atoms with Crippen molar-refractivity contribution in [1.82, 2.24) is 9.97 Å². The zero-order chi connectivity index (χ0) is 19.7. The van der Waals surface area contributed by atoms with Crippen LogP contribution in [0.1, 0.15) is 27.2 Å². The van der Waals surface area contributed by atoms with Crippen molar-refractivity contribution in [3.8, 4) is 0 Å². The van der Waals surface area contributed by atoms with Crippen LogP contribution in [-0.4, -0.2) is 15.9 Å². The van der Waals surface area contributed by atoms with Crippen molar-refractivity contribution in [2.75, 3.05) is 4.90 Å². The number of nitrogens with zero attached hydrogens (tertiary/aromatic N) is 3. The van der Waals surface area contributed by atoms with E-state index in [9.17, 15) is 4.79 Å². The van der Waals surface area contributed by atoms with Crippen LogP contribution in [0.15, 0.2) is 60.8 Å². The fraction of sp³-hybridized carbons (Fsp3) is 0.136. The number of halogens is 1. The molecule has 0 aliphatic heterocycles. The van der Waals surface area contributed by atoms with Crippen molar-refractivity contribution in [2.24, 2.45) is 0 Å². The molecule has 0 bridgehead atoms. The molecule has 0 atom stereocenters. The molecule has 0 saturated carbocycles. The molecule has 0 radical (unpaired) electrons. The van der Waals surface area contributed by atoms with E-state index < -0.39 is 0 Å². The lowest BCUT2D eigenvalue weighted by Crippen LogP contribution is -2.30. The number of hydrogen-bond acceptors (Lipinski definition) is 4. The maximum atomic E-state index is 13.4. The second-order valence-corrected chi connectivity index (χ2v) is 8.01. The molecule has 1 amide bonds. The third kappa shape index (κ3) is 3.63. The average Bonchev–Trinajstić information content (AvgIpc) is 3.09. The minimum absolute atomic E-state index is 0.191. The molecule has 28 heavy (non-hydrogen) atoms. The van der Waals surface area contributed by atoms with Crippen molar-refractivity contribution in [3.05, 3.63) is 88.2 Å². The summed E-state index contributed by atoms with van der Waals surface area (Å²) >= 11 is 7.79. The zero-order valence-corrected chi connectivity index (χ0v) is 17.1. The van der Waals surface area contributed by atoms with Gasteiger partial charge in [0.05, 0.1) is 33.0 Å². The van der Waals surface area contributed by atoms with E-state index in [1.807, 2.05) is 30.3 Å². The van der Waals surface area contributed by atoms with Gasteiger partial charge in [-0.2, -0.15) is 0 Å². The van der Waals surface area contributed by atoms with Gasteiger partial charge < -0.3 is 0 Å². The van der Waals surface area contributed by atoms with Gasteiger partial charge in [-0.25, -0.2) is 4.98 Å². The van der Waals surface area contributed by atoms with Crippen molar-refractivity contribution in [2.45, 2.75) is 20.4 Å². The smallest absolute Gasteiger partial charge is 0.261 e. The van der Waals surface area contributed by atoms with Gasteiger partial charge in [-0.1, -0.05) is 41.1 Å². The molecular formula is C22H18ClN3OS. The number of aromatic nitrogens is 2. The molecule has 0 saturated heterocycles. The van der Waals surface area contributed by atoms with Crippen molar-refractivity contribution < 1.29 is 4.79 Å². The Balaban J connectivity index is 1.81. The quantitative estimate of drug-likeness (QED) is 0.429. The Morgan fingerprint density at radius 1 is 1.07 bits per heavy atom. The Morgan fingerprint density at radius 2 is 1.82 bits per heavy atom. The van der Waals surface area contributed by atoms with Gasteiger partial charge in [-0.05, 0) is 61.4 Å². The van der Waals surface area contributed by atoms with Crippen molar-refractivity contribution in [1.29, 1.82) is 0 Å². The summed E-state index contributed by atoms with van der Waals surface area (Å²) in [6.07, 6.45) is 1.72. The average molecular weight is 408 g/mol. The maximum absolute atomic E-state index is 13.4. The second kappa shape index (κ2) is 7.70. The standard InChI is InChI=1S/C22H18ClN3OS/c1-14-11-19-20(12-15(14)2)28-22(25-19)26(13-16-7-5-6-10-24-16)21(27)17-8-3-4-9-18(17)23/h3-12H,13H2,1-2H3. The molecular weight excluding hydrogens is 390 g/mol. The van der Waals surface area contributed by atoms with Gasteiger partial charge in [0.25, 0.3) is 5.91 Å². The summed E-state index contributed by atoms with van der Waals surface area (Å²) in [5.74, 6) is -0.191. The highest BCUT2D eigenvalue weighted by Crippen LogP contribution is 2.33. The fourth-order valence-corrected chi connectivity index (χ4v) is 4.20. The highest BCUT2D eigenvalue weighted by Gasteiger charge is 2.24. The summed E-state index contributed by atoms with van der Waals surface area (Å²) in [6.45, 7) is 4.46. The van der Waals surface area contributed by atoms with E-state index >= 15 is 0 Å². The van der Waals surface area contributed by atoms with Gasteiger partial charge in [0.2, 0.25) is 0 Å². The Hall–Kier alpha value is -2.76. The van der Waals surface area contributed by atoms with Crippen LogP contribution in [0.4, 0.5) is 5.13 Å². The normalized spacial score (nSPS) is 11.0. The van der Waals surface area contributed by atoms with Gasteiger partial charge in [0.15, 0.2) is 5.13 Å². The van der Waals surface area contributed by atoms with Crippen molar-refractivity contribution >= 4 is 44.2 Å². The number of rotatable bonds is 4. The summed E-state index contributed by atoms with van der Waals surface area (Å²) in [7, 11) is 0. The molecule has 2 heterocycles. The molecule has 0 aliphatic rings. The summed E-state index contributed by atoms with van der Waals surface area (Å²) < 4.78 is 1.05. The van der Waals surface area contributed by atoms with Crippen LogP contribution in [0.25, 0.3) is 10.2 Å². The van der Waals surface area contributed by atoms with E-state index in [2.05, 4.69) is 31.0 Å². The van der Waals surface area contributed by atoms with Gasteiger partial charge in [0.1, 0.15) is 0 Å². The highest BCUT2D eigenvalue weighted by atomic mass is 35.5. The summed E-state index contributed by atoms with van der Waals surface area (Å²) in [6, 6.07) is 16.9. The lowest BCUT2D eigenvalue weighted by atomic mass is 10.1. The van der Waals surface area contributed by atoms with Crippen LogP contribution < -0.4 is 4.90 Å². The fourth-order valence-electron chi connectivity index (χ4n) is 2.94. The van der Waals surface area contributed by atoms with Crippen LogP contribution in [0.2, 0.25) is 5.02 Å². The highest BCUT2D eigenvalue weighted by molar-refractivity contribution is 7.22. The van der Waals surface area contributed by atoms with Gasteiger partial charge >= 0.3 is 0 Å². The molecule has 0 N–H and O–H groups in total. The molecule has 4 aromatic rings. The van der Waals surface area contributed by atoms with Gasteiger partial charge in [-0.15, -0.1) is 0 Å². The Labute approximate surface area is 172 Å². The van der Waals surface area contributed by atoms with Gasteiger partial charge in [0, 0.05) is 6.20 Å². The summed E-state index contributed by atoms with van der Waals surface area (Å²) in [5, 5.41) is 1.06. The van der Waals surface area contributed by atoms with E-state index in [0.717, 1.165) is 15.9 Å². The SMILES string of the molecule is Cc1cc2nc(N(Cc3ccccn3)C(=O)c3ccccc3Cl)sc2cc1C. The first-order valence-corrected chi connectivity index (χ1v) is 10.1. The molecule has 2 aromatic heterocycles. The number of aryl methyl sites for hydroxylation is 2. The predicted octanol–water partition coefficient (Wildman–Crippen LogP) is 5.81.